The van der Waals surface area contributed by atoms with Crippen molar-refractivity contribution in [1.82, 2.24) is 29.5 Å². The molecule has 4 heterocycles. The Morgan fingerprint density at radius 3 is 2.49 bits per heavy atom. The molecule has 1 fully saturated rings. The summed E-state index contributed by atoms with van der Waals surface area (Å²) in [6.45, 7) is 12.0. The van der Waals surface area contributed by atoms with Gasteiger partial charge in [-0.3, -0.25) is 4.79 Å². The molecule has 3 aromatic rings. The Labute approximate surface area is 204 Å². The first-order valence-corrected chi connectivity index (χ1v) is 11.8. The van der Waals surface area contributed by atoms with Crippen LogP contribution in [0.2, 0.25) is 0 Å². The third-order valence-corrected chi connectivity index (χ3v) is 5.90. The van der Waals surface area contributed by atoms with Crippen LogP contribution in [0, 0.1) is 13.8 Å². The molecule has 2 amide bonds. The van der Waals surface area contributed by atoms with E-state index in [9.17, 15) is 9.59 Å². The Bertz CT molecular complexity index is 1210. The van der Waals surface area contributed by atoms with Crippen LogP contribution in [0.5, 0.6) is 0 Å². The van der Waals surface area contributed by atoms with Gasteiger partial charge in [-0.15, -0.1) is 0 Å². The summed E-state index contributed by atoms with van der Waals surface area (Å²) in [5.41, 5.74) is 3.23. The number of anilines is 2. The van der Waals surface area contributed by atoms with E-state index in [4.69, 9.17) is 4.74 Å². The Hall–Kier alpha value is -3.76. The molecule has 0 spiro atoms. The third kappa shape index (κ3) is 5.84. The van der Waals surface area contributed by atoms with E-state index >= 15 is 0 Å². The Kier molecular flexibility index (Phi) is 6.86. The van der Waals surface area contributed by atoms with Gasteiger partial charge in [-0.25, -0.2) is 19.3 Å². The molecule has 0 aromatic carbocycles. The van der Waals surface area contributed by atoms with Crippen LogP contribution in [-0.4, -0.2) is 73.2 Å². The number of nitrogens with zero attached hydrogens (tertiary/aromatic N) is 7. The summed E-state index contributed by atoms with van der Waals surface area (Å²) in [6.07, 6.45) is 3.79. The maximum absolute atomic E-state index is 12.5. The number of piperazine rings is 1. The topological polar surface area (TPSA) is 118 Å². The zero-order chi connectivity index (χ0) is 25.2. The smallest absolute Gasteiger partial charge is 0.410 e. The van der Waals surface area contributed by atoms with Crippen LogP contribution in [-0.2, 0) is 16.0 Å². The summed E-state index contributed by atoms with van der Waals surface area (Å²) < 4.78 is 7.14. The molecule has 1 N–H and O–H groups in total. The van der Waals surface area contributed by atoms with E-state index in [0.29, 0.717) is 50.6 Å². The molecule has 0 radical (unpaired) electrons. The summed E-state index contributed by atoms with van der Waals surface area (Å²) >= 11 is 0. The number of aromatic nitrogens is 5. The first-order valence-electron chi connectivity index (χ1n) is 11.8. The number of aryl methyl sites for hydroxylation is 2. The van der Waals surface area contributed by atoms with Gasteiger partial charge in [-0.05, 0) is 58.7 Å². The van der Waals surface area contributed by atoms with Crippen LogP contribution in [0.15, 0.2) is 24.7 Å². The van der Waals surface area contributed by atoms with Gasteiger partial charge in [0.25, 0.3) is 5.78 Å². The Morgan fingerprint density at radius 2 is 1.83 bits per heavy atom. The highest BCUT2D eigenvalue weighted by atomic mass is 16.6. The lowest BCUT2D eigenvalue weighted by atomic mass is 10.1. The number of pyridine rings is 1. The predicted octanol–water partition coefficient (Wildman–Crippen LogP) is 2.76. The lowest BCUT2D eigenvalue weighted by molar-refractivity contribution is -0.116. The van der Waals surface area contributed by atoms with Crippen molar-refractivity contribution in [3.8, 4) is 0 Å². The van der Waals surface area contributed by atoms with Gasteiger partial charge in [0.15, 0.2) is 0 Å². The predicted molar refractivity (Wildman–Crippen MR) is 131 cm³/mol. The largest absolute Gasteiger partial charge is 0.444 e. The van der Waals surface area contributed by atoms with Crippen LogP contribution in [0.25, 0.3) is 5.78 Å². The summed E-state index contributed by atoms with van der Waals surface area (Å²) in [7, 11) is 0. The average Bonchev–Trinajstić information content (AvgIpc) is 3.27. The van der Waals surface area contributed by atoms with Gasteiger partial charge < -0.3 is 19.9 Å². The summed E-state index contributed by atoms with van der Waals surface area (Å²) in [6, 6.07) is 3.73. The van der Waals surface area contributed by atoms with Crippen molar-refractivity contribution >= 4 is 29.3 Å². The van der Waals surface area contributed by atoms with Crippen molar-refractivity contribution in [3.63, 3.8) is 0 Å². The van der Waals surface area contributed by atoms with Crippen molar-refractivity contribution < 1.29 is 14.3 Å². The molecule has 1 aliphatic rings. The van der Waals surface area contributed by atoms with Crippen LogP contribution in [0.3, 0.4) is 0 Å². The lowest BCUT2D eigenvalue weighted by Crippen LogP contribution is -2.50. The molecule has 0 saturated carbocycles. The number of nitrogens with one attached hydrogen (secondary N) is 1. The van der Waals surface area contributed by atoms with E-state index in [2.05, 4.69) is 30.3 Å². The SMILES string of the molecule is Cc1nc2ncnn2c(C)c1CCC(=O)Nc1ccc(N2CCN(C(=O)OC(C)(C)C)CC2)cn1. The Balaban J connectivity index is 1.28. The van der Waals surface area contributed by atoms with Gasteiger partial charge in [0.05, 0.1) is 11.9 Å². The normalized spacial score (nSPS) is 14.3. The highest BCUT2D eigenvalue weighted by Gasteiger charge is 2.26. The third-order valence-electron chi connectivity index (χ3n) is 5.90. The van der Waals surface area contributed by atoms with E-state index < -0.39 is 5.60 Å². The minimum absolute atomic E-state index is 0.117. The number of rotatable bonds is 5. The number of hydrogen-bond acceptors (Lipinski definition) is 8. The molecule has 0 bridgehead atoms. The van der Waals surface area contributed by atoms with Crippen molar-refractivity contribution in [2.24, 2.45) is 0 Å². The number of fused-ring (bicyclic) bond motifs is 1. The van der Waals surface area contributed by atoms with Gasteiger partial charge in [-0.2, -0.15) is 10.1 Å². The molecule has 1 saturated heterocycles. The second-order valence-electron chi connectivity index (χ2n) is 9.64. The molecule has 1 aliphatic heterocycles. The minimum Gasteiger partial charge on any atom is -0.444 e. The Morgan fingerprint density at radius 1 is 1.09 bits per heavy atom. The molecule has 0 aliphatic carbocycles. The van der Waals surface area contributed by atoms with Crippen LogP contribution >= 0.6 is 0 Å². The van der Waals surface area contributed by atoms with Crippen molar-refractivity contribution in [2.45, 2.75) is 53.1 Å². The van der Waals surface area contributed by atoms with E-state index in [1.807, 2.05) is 40.7 Å². The molecule has 11 nitrogen and oxygen atoms in total. The van der Waals surface area contributed by atoms with Crippen LogP contribution in [0.1, 0.15) is 44.1 Å². The first kappa shape index (κ1) is 24.4. The molecule has 11 heteroatoms. The first-order chi connectivity index (χ1) is 16.6. The van der Waals surface area contributed by atoms with Crippen molar-refractivity contribution in [3.05, 3.63) is 41.6 Å². The summed E-state index contributed by atoms with van der Waals surface area (Å²) in [4.78, 5) is 41.7. The highest BCUT2D eigenvalue weighted by molar-refractivity contribution is 5.90. The van der Waals surface area contributed by atoms with E-state index in [0.717, 1.165) is 22.6 Å². The van der Waals surface area contributed by atoms with E-state index in [1.165, 1.54) is 6.33 Å². The summed E-state index contributed by atoms with van der Waals surface area (Å²) in [5.74, 6) is 0.946. The van der Waals surface area contributed by atoms with Crippen molar-refractivity contribution in [1.29, 1.82) is 0 Å². The van der Waals surface area contributed by atoms with Crippen molar-refractivity contribution in [2.75, 3.05) is 36.4 Å². The molecule has 35 heavy (non-hydrogen) atoms. The second kappa shape index (κ2) is 9.85. The fraction of sp³-hybridized carbons (Fsp3) is 0.500. The average molecular weight is 481 g/mol. The number of amides is 2. The molecule has 0 atom stereocenters. The van der Waals surface area contributed by atoms with E-state index in [1.54, 1.807) is 21.7 Å². The van der Waals surface area contributed by atoms with Gasteiger partial charge in [0.2, 0.25) is 5.91 Å². The minimum atomic E-state index is -0.502. The zero-order valence-electron chi connectivity index (χ0n) is 20.9. The number of carbonyl (C=O) groups excluding carboxylic acids is 2. The number of carbonyl (C=O) groups is 2. The molecular weight excluding hydrogens is 448 g/mol. The molecule has 0 unspecified atom stereocenters. The summed E-state index contributed by atoms with van der Waals surface area (Å²) in [5, 5.41) is 7.06. The maximum Gasteiger partial charge on any atom is 0.410 e. The maximum atomic E-state index is 12.5. The van der Waals surface area contributed by atoms with Crippen LogP contribution in [0.4, 0.5) is 16.3 Å². The van der Waals surface area contributed by atoms with Gasteiger partial charge >= 0.3 is 6.09 Å². The molecule has 3 aromatic heterocycles. The monoisotopic (exact) mass is 480 g/mol. The number of hydrogen-bond donors (Lipinski definition) is 1. The number of ether oxygens (including phenoxy) is 1. The standard InChI is InChI=1S/C24H32N8O3/c1-16-19(17(2)32-22(28-16)26-15-27-32)7-9-21(33)29-20-8-6-18(14-25-20)30-10-12-31(13-11-30)23(34)35-24(3,4)5/h6,8,14-15H,7,9-13H2,1-5H3,(H,25,29,33). The van der Waals surface area contributed by atoms with E-state index in [-0.39, 0.29) is 12.0 Å². The zero-order valence-corrected chi connectivity index (χ0v) is 20.9. The van der Waals surface area contributed by atoms with Gasteiger partial charge in [-0.1, -0.05) is 0 Å². The molecular formula is C24H32N8O3. The lowest BCUT2D eigenvalue weighted by Gasteiger charge is -2.36. The fourth-order valence-corrected chi connectivity index (χ4v) is 4.08. The van der Waals surface area contributed by atoms with Gasteiger partial charge in [0.1, 0.15) is 17.7 Å². The van der Waals surface area contributed by atoms with Crippen LogP contribution < -0.4 is 10.2 Å². The fourth-order valence-electron chi connectivity index (χ4n) is 4.08. The molecule has 4 rings (SSSR count). The second-order valence-corrected chi connectivity index (χ2v) is 9.64. The van der Waals surface area contributed by atoms with Gasteiger partial charge in [0, 0.05) is 44.0 Å². The quantitative estimate of drug-likeness (QED) is 0.592. The molecule has 186 valence electrons. The highest BCUT2D eigenvalue weighted by Crippen LogP contribution is 2.19.